The van der Waals surface area contributed by atoms with Crippen molar-refractivity contribution < 1.29 is 14.3 Å². The lowest BCUT2D eigenvalue weighted by Crippen LogP contribution is -2.17. The second-order valence-corrected chi connectivity index (χ2v) is 4.38. The Kier molecular flexibility index (Phi) is 3.97. The molecule has 0 saturated heterocycles. The van der Waals surface area contributed by atoms with Gasteiger partial charge >= 0.3 is 5.97 Å². The van der Waals surface area contributed by atoms with E-state index in [4.69, 9.17) is 9.52 Å². The van der Waals surface area contributed by atoms with Crippen LogP contribution in [0, 0.1) is 6.92 Å². The maximum Gasteiger partial charge on any atom is 0.339 e. The molecule has 1 atom stereocenters. The molecule has 2 aromatic rings. The molecular formula is C14H16N2O3. The minimum absolute atomic E-state index is 0.118. The summed E-state index contributed by atoms with van der Waals surface area (Å²) >= 11 is 0. The van der Waals surface area contributed by atoms with Crippen LogP contribution in [0.15, 0.2) is 35.0 Å². The van der Waals surface area contributed by atoms with Crippen LogP contribution in [0.2, 0.25) is 0 Å². The number of carbonyl (C=O) groups is 1. The molecule has 0 bridgehead atoms. The van der Waals surface area contributed by atoms with Crippen molar-refractivity contribution in [1.29, 1.82) is 0 Å². The first-order chi connectivity index (χ1) is 9.08. The van der Waals surface area contributed by atoms with Crippen molar-refractivity contribution in [1.82, 2.24) is 10.3 Å². The van der Waals surface area contributed by atoms with Crippen LogP contribution in [-0.2, 0) is 6.54 Å². The van der Waals surface area contributed by atoms with Gasteiger partial charge in [-0.2, -0.15) is 0 Å². The summed E-state index contributed by atoms with van der Waals surface area (Å²) in [5, 5.41) is 12.2. The number of carboxylic acids is 1. The normalized spacial score (nSPS) is 12.3. The Morgan fingerprint density at radius 1 is 1.58 bits per heavy atom. The topological polar surface area (TPSA) is 75.4 Å². The molecule has 100 valence electrons. The summed E-state index contributed by atoms with van der Waals surface area (Å²) in [6, 6.07) is 5.54. The van der Waals surface area contributed by atoms with Crippen LogP contribution < -0.4 is 5.32 Å². The molecule has 0 aliphatic carbocycles. The molecule has 2 N–H and O–H groups in total. The van der Waals surface area contributed by atoms with E-state index in [-0.39, 0.29) is 11.6 Å². The van der Waals surface area contributed by atoms with Crippen molar-refractivity contribution in [2.45, 2.75) is 26.4 Å². The van der Waals surface area contributed by atoms with Gasteiger partial charge in [0.05, 0.1) is 6.54 Å². The van der Waals surface area contributed by atoms with Crippen molar-refractivity contribution in [3.8, 4) is 0 Å². The first kappa shape index (κ1) is 13.3. The number of aryl methyl sites for hydroxylation is 1. The standard InChI is InChI=1S/C14H16N2O3/c1-9(11-4-3-5-15-7-11)16-8-12-6-13(14(17)18)10(2)19-12/h3-7,9,16H,8H2,1-2H3,(H,17,18). The number of nitrogens with zero attached hydrogens (tertiary/aromatic N) is 1. The van der Waals surface area contributed by atoms with Gasteiger partial charge in [-0.1, -0.05) is 6.07 Å². The minimum atomic E-state index is -0.965. The van der Waals surface area contributed by atoms with Gasteiger partial charge in [0.1, 0.15) is 17.1 Å². The van der Waals surface area contributed by atoms with Gasteiger partial charge in [0, 0.05) is 18.4 Å². The van der Waals surface area contributed by atoms with Gasteiger partial charge in [-0.3, -0.25) is 4.98 Å². The summed E-state index contributed by atoms with van der Waals surface area (Å²) in [5.41, 5.74) is 1.29. The van der Waals surface area contributed by atoms with Crippen molar-refractivity contribution in [3.63, 3.8) is 0 Å². The highest BCUT2D eigenvalue weighted by atomic mass is 16.4. The van der Waals surface area contributed by atoms with Crippen LogP contribution in [0.3, 0.4) is 0 Å². The highest BCUT2D eigenvalue weighted by Crippen LogP contribution is 2.16. The monoisotopic (exact) mass is 260 g/mol. The third kappa shape index (κ3) is 3.20. The summed E-state index contributed by atoms with van der Waals surface area (Å²) in [4.78, 5) is 15.0. The fraction of sp³-hybridized carbons (Fsp3) is 0.286. The van der Waals surface area contributed by atoms with E-state index in [0.29, 0.717) is 18.1 Å². The smallest absolute Gasteiger partial charge is 0.339 e. The van der Waals surface area contributed by atoms with E-state index in [2.05, 4.69) is 10.3 Å². The van der Waals surface area contributed by atoms with Gasteiger partial charge in [0.25, 0.3) is 0 Å². The molecule has 2 heterocycles. The first-order valence-corrected chi connectivity index (χ1v) is 6.04. The molecule has 0 aliphatic heterocycles. The van der Waals surface area contributed by atoms with Crippen LogP contribution in [0.25, 0.3) is 0 Å². The quantitative estimate of drug-likeness (QED) is 0.864. The highest BCUT2D eigenvalue weighted by Gasteiger charge is 2.14. The second-order valence-electron chi connectivity index (χ2n) is 4.38. The Morgan fingerprint density at radius 2 is 2.37 bits per heavy atom. The summed E-state index contributed by atoms with van der Waals surface area (Å²) in [7, 11) is 0. The third-order valence-corrected chi connectivity index (χ3v) is 2.97. The largest absolute Gasteiger partial charge is 0.478 e. The zero-order valence-corrected chi connectivity index (χ0v) is 10.9. The van der Waals surface area contributed by atoms with E-state index in [9.17, 15) is 4.79 Å². The fourth-order valence-electron chi connectivity index (χ4n) is 1.85. The molecule has 1 unspecified atom stereocenters. The molecule has 0 amide bonds. The van der Waals surface area contributed by atoms with Gasteiger partial charge in [-0.15, -0.1) is 0 Å². The van der Waals surface area contributed by atoms with Crippen LogP contribution in [-0.4, -0.2) is 16.1 Å². The van der Waals surface area contributed by atoms with E-state index in [1.807, 2.05) is 19.1 Å². The zero-order chi connectivity index (χ0) is 13.8. The van der Waals surface area contributed by atoms with Crippen LogP contribution in [0.4, 0.5) is 0 Å². The fourth-order valence-corrected chi connectivity index (χ4v) is 1.85. The molecule has 0 radical (unpaired) electrons. The number of rotatable bonds is 5. The van der Waals surface area contributed by atoms with Crippen molar-refractivity contribution in [2.24, 2.45) is 0 Å². The summed E-state index contributed by atoms with van der Waals surface area (Å²) < 4.78 is 5.40. The first-order valence-electron chi connectivity index (χ1n) is 6.04. The summed E-state index contributed by atoms with van der Waals surface area (Å²) in [6.45, 7) is 4.15. The summed E-state index contributed by atoms with van der Waals surface area (Å²) in [6.07, 6.45) is 3.53. The number of pyridine rings is 1. The number of aromatic carboxylic acids is 1. The number of aromatic nitrogens is 1. The molecule has 0 spiro atoms. The molecule has 19 heavy (non-hydrogen) atoms. The second kappa shape index (κ2) is 5.67. The number of hydrogen-bond donors (Lipinski definition) is 2. The van der Waals surface area contributed by atoms with E-state index in [1.54, 1.807) is 25.4 Å². The van der Waals surface area contributed by atoms with E-state index in [0.717, 1.165) is 5.56 Å². The van der Waals surface area contributed by atoms with Crippen LogP contribution in [0.5, 0.6) is 0 Å². The number of carboxylic acid groups (broad SMARTS) is 1. The van der Waals surface area contributed by atoms with Crippen molar-refractivity contribution in [3.05, 3.63) is 53.2 Å². The van der Waals surface area contributed by atoms with Crippen molar-refractivity contribution in [2.75, 3.05) is 0 Å². The van der Waals surface area contributed by atoms with Gasteiger partial charge < -0.3 is 14.8 Å². The van der Waals surface area contributed by atoms with Gasteiger partial charge in [0.15, 0.2) is 0 Å². The van der Waals surface area contributed by atoms with E-state index < -0.39 is 5.97 Å². The average molecular weight is 260 g/mol. The minimum Gasteiger partial charge on any atom is -0.478 e. The maximum atomic E-state index is 10.9. The van der Waals surface area contributed by atoms with E-state index in [1.165, 1.54) is 0 Å². The van der Waals surface area contributed by atoms with Crippen LogP contribution in [0.1, 0.15) is 40.4 Å². The molecule has 5 heteroatoms. The Labute approximate surface area is 111 Å². The highest BCUT2D eigenvalue weighted by molar-refractivity contribution is 5.88. The SMILES string of the molecule is Cc1oc(CNC(C)c2cccnc2)cc1C(=O)O. The Morgan fingerprint density at radius 3 is 2.95 bits per heavy atom. The Balaban J connectivity index is 1.99. The van der Waals surface area contributed by atoms with Crippen LogP contribution >= 0.6 is 0 Å². The molecule has 5 nitrogen and oxygen atoms in total. The third-order valence-electron chi connectivity index (χ3n) is 2.97. The summed E-state index contributed by atoms with van der Waals surface area (Å²) in [5.74, 6) is 0.0804. The van der Waals surface area contributed by atoms with Gasteiger partial charge in [-0.25, -0.2) is 4.79 Å². The molecule has 2 rings (SSSR count). The van der Waals surface area contributed by atoms with Gasteiger partial charge in [-0.05, 0) is 31.5 Å². The van der Waals surface area contributed by atoms with Gasteiger partial charge in [0.2, 0.25) is 0 Å². The lowest BCUT2D eigenvalue weighted by atomic mass is 10.1. The molecule has 0 fully saturated rings. The van der Waals surface area contributed by atoms with Crippen molar-refractivity contribution >= 4 is 5.97 Å². The predicted octanol–water partition coefficient (Wildman–Crippen LogP) is 2.53. The zero-order valence-electron chi connectivity index (χ0n) is 10.9. The molecule has 2 aromatic heterocycles. The average Bonchev–Trinajstić information content (AvgIpc) is 2.78. The number of hydrogen-bond acceptors (Lipinski definition) is 4. The molecular weight excluding hydrogens is 244 g/mol. The maximum absolute atomic E-state index is 10.9. The Bertz CT molecular complexity index is 563. The number of nitrogens with one attached hydrogen (secondary N) is 1. The lowest BCUT2D eigenvalue weighted by Gasteiger charge is -2.12. The van der Waals surface area contributed by atoms with E-state index >= 15 is 0 Å². The lowest BCUT2D eigenvalue weighted by molar-refractivity contribution is 0.0695. The number of furan rings is 1. The Hall–Kier alpha value is -2.14. The molecule has 0 saturated carbocycles. The predicted molar refractivity (Wildman–Crippen MR) is 69.9 cm³/mol. The molecule has 0 aliphatic rings. The molecule has 0 aromatic carbocycles.